The molecule has 2 aromatic heterocycles. The standard InChI is InChI=1S/C23H29ClFN7O.ClH/c1-14-9-21(29-28-14)27-22-11-17(13-31-5-7-33-8-6-31)23-26-15(2)20(32(23)30-22)10-16-3-4-18(24)12-19(16)25;/h3-4,11-12,14,21,28-29H,5-10,13H2,1-2H3,(H,27,30);1H. The number of nitrogens with zero attached hydrogens (tertiary/aromatic N) is 4. The van der Waals surface area contributed by atoms with Gasteiger partial charge in [0, 0.05) is 42.7 Å². The molecular formula is C23H30Cl2FN7O. The number of aryl methyl sites for hydroxylation is 1. The number of benzene rings is 1. The van der Waals surface area contributed by atoms with Gasteiger partial charge in [-0.25, -0.2) is 19.3 Å². The molecule has 2 saturated heterocycles. The molecule has 5 rings (SSSR count). The zero-order valence-electron chi connectivity index (χ0n) is 19.3. The normalized spacial score (nSPS) is 21.1. The number of aromatic nitrogens is 3. The van der Waals surface area contributed by atoms with Crippen molar-refractivity contribution in [2.75, 3.05) is 31.6 Å². The minimum Gasteiger partial charge on any atom is -0.379 e. The van der Waals surface area contributed by atoms with Gasteiger partial charge in [0.15, 0.2) is 5.65 Å². The summed E-state index contributed by atoms with van der Waals surface area (Å²) in [6, 6.07) is 7.23. The molecule has 3 N–H and O–H groups in total. The summed E-state index contributed by atoms with van der Waals surface area (Å²) in [4.78, 5) is 7.21. The lowest BCUT2D eigenvalue weighted by atomic mass is 10.1. The summed E-state index contributed by atoms with van der Waals surface area (Å²) < 4.78 is 21.9. The van der Waals surface area contributed by atoms with Gasteiger partial charge in [-0.2, -0.15) is 0 Å². The van der Waals surface area contributed by atoms with Gasteiger partial charge in [-0.15, -0.1) is 17.5 Å². The zero-order chi connectivity index (χ0) is 22.9. The summed E-state index contributed by atoms with van der Waals surface area (Å²) in [5.41, 5.74) is 10.7. The van der Waals surface area contributed by atoms with Gasteiger partial charge >= 0.3 is 0 Å². The predicted molar refractivity (Wildman–Crippen MR) is 133 cm³/mol. The Morgan fingerprint density at radius 2 is 2.00 bits per heavy atom. The Bertz CT molecular complexity index is 1150. The maximum absolute atomic E-state index is 14.6. The first kappa shape index (κ1) is 25.1. The molecule has 0 amide bonds. The largest absolute Gasteiger partial charge is 0.379 e. The fraction of sp³-hybridized carbons (Fsp3) is 0.478. The second kappa shape index (κ2) is 10.7. The fourth-order valence-corrected chi connectivity index (χ4v) is 4.62. The lowest BCUT2D eigenvalue weighted by Gasteiger charge is -2.27. The van der Waals surface area contributed by atoms with E-state index in [-0.39, 0.29) is 24.4 Å². The molecule has 8 nitrogen and oxygen atoms in total. The van der Waals surface area contributed by atoms with E-state index in [0.29, 0.717) is 23.0 Å². The second-order valence-electron chi connectivity index (χ2n) is 8.86. The van der Waals surface area contributed by atoms with Gasteiger partial charge in [-0.05, 0) is 44.0 Å². The van der Waals surface area contributed by atoms with Crippen molar-refractivity contribution in [3.63, 3.8) is 0 Å². The lowest BCUT2D eigenvalue weighted by molar-refractivity contribution is 0.0343. The van der Waals surface area contributed by atoms with E-state index in [4.69, 9.17) is 26.4 Å². The Balaban J connectivity index is 0.00000274. The number of anilines is 1. The third-order valence-corrected chi connectivity index (χ3v) is 6.47. The van der Waals surface area contributed by atoms with Crippen LogP contribution in [0.2, 0.25) is 5.02 Å². The number of nitrogens with one attached hydrogen (secondary N) is 3. The van der Waals surface area contributed by atoms with E-state index in [1.54, 1.807) is 12.1 Å². The topological polar surface area (TPSA) is 78.8 Å². The molecule has 1 aromatic carbocycles. The number of rotatable bonds is 6. The number of imidazole rings is 1. The molecular weight excluding hydrogens is 480 g/mol. The SMILES string of the molecule is Cc1nc2c(CN3CCOCC3)cc(NC3CC(C)NN3)nn2c1Cc1ccc(Cl)cc1F.Cl. The Morgan fingerprint density at radius 3 is 2.71 bits per heavy atom. The third kappa shape index (κ3) is 5.45. The van der Waals surface area contributed by atoms with E-state index in [0.717, 1.165) is 67.7 Å². The molecule has 34 heavy (non-hydrogen) atoms. The molecule has 0 radical (unpaired) electrons. The van der Waals surface area contributed by atoms with Crippen molar-refractivity contribution < 1.29 is 9.13 Å². The van der Waals surface area contributed by atoms with Crippen LogP contribution in [-0.2, 0) is 17.7 Å². The maximum atomic E-state index is 14.6. The van der Waals surface area contributed by atoms with Crippen LogP contribution in [0.15, 0.2) is 24.3 Å². The van der Waals surface area contributed by atoms with Gasteiger partial charge in [0.1, 0.15) is 11.6 Å². The van der Waals surface area contributed by atoms with Gasteiger partial charge in [-0.3, -0.25) is 10.3 Å². The van der Waals surface area contributed by atoms with Crippen LogP contribution in [0, 0.1) is 12.7 Å². The molecule has 2 unspecified atom stereocenters. The van der Waals surface area contributed by atoms with Crippen molar-refractivity contribution in [1.29, 1.82) is 0 Å². The minimum atomic E-state index is -0.324. The van der Waals surface area contributed by atoms with Crippen LogP contribution in [0.1, 0.15) is 35.9 Å². The average Bonchev–Trinajstić information content (AvgIpc) is 3.33. The van der Waals surface area contributed by atoms with Crippen LogP contribution in [0.5, 0.6) is 0 Å². The molecule has 11 heteroatoms. The van der Waals surface area contributed by atoms with Crippen LogP contribution >= 0.6 is 24.0 Å². The average molecular weight is 510 g/mol. The summed E-state index contributed by atoms with van der Waals surface area (Å²) >= 11 is 5.95. The monoisotopic (exact) mass is 509 g/mol. The smallest absolute Gasteiger partial charge is 0.158 e. The van der Waals surface area contributed by atoms with Gasteiger partial charge in [0.25, 0.3) is 0 Å². The quantitative estimate of drug-likeness (QED) is 0.470. The van der Waals surface area contributed by atoms with Crippen LogP contribution in [-0.4, -0.2) is 58.0 Å². The van der Waals surface area contributed by atoms with Gasteiger partial charge in [-0.1, -0.05) is 17.7 Å². The Kier molecular flexibility index (Phi) is 7.91. The Morgan fingerprint density at radius 1 is 1.21 bits per heavy atom. The first-order valence-electron chi connectivity index (χ1n) is 11.4. The van der Waals surface area contributed by atoms with Crippen molar-refractivity contribution in [2.24, 2.45) is 0 Å². The number of ether oxygens (including phenoxy) is 1. The van der Waals surface area contributed by atoms with Crippen molar-refractivity contribution >= 4 is 35.5 Å². The number of hydrazine groups is 1. The minimum absolute atomic E-state index is 0. The molecule has 0 bridgehead atoms. The molecule has 184 valence electrons. The van der Waals surface area contributed by atoms with E-state index in [2.05, 4.69) is 34.1 Å². The summed E-state index contributed by atoms with van der Waals surface area (Å²) in [6.45, 7) is 8.06. The molecule has 0 aliphatic carbocycles. The predicted octanol–water partition coefficient (Wildman–Crippen LogP) is 3.30. The van der Waals surface area contributed by atoms with Crippen molar-refractivity contribution in [2.45, 2.75) is 45.4 Å². The van der Waals surface area contributed by atoms with Crippen molar-refractivity contribution in [3.05, 3.63) is 57.6 Å². The van der Waals surface area contributed by atoms with Gasteiger partial charge in [0.2, 0.25) is 0 Å². The molecule has 0 spiro atoms. The highest BCUT2D eigenvalue weighted by atomic mass is 35.5. The van der Waals surface area contributed by atoms with Crippen LogP contribution in [0.25, 0.3) is 5.65 Å². The highest BCUT2D eigenvalue weighted by molar-refractivity contribution is 6.30. The summed E-state index contributed by atoms with van der Waals surface area (Å²) in [5, 5.41) is 8.74. The van der Waals surface area contributed by atoms with E-state index < -0.39 is 0 Å². The van der Waals surface area contributed by atoms with Crippen LogP contribution < -0.4 is 16.2 Å². The highest BCUT2D eigenvalue weighted by Gasteiger charge is 2.23. The molecule has 2 fully saturated rings. The number of hydrogen-bond donors (Lipinski definition) is 3. The molecule has 3 aromatic rings. The summed E-state index contributed by atoms with van der Waals surface area (Å²) in [6.07, 6.45) is 1.39. The van der Waals surface area contributed by atoms with Crippen molar-refractivity contribution in [1.82, 2.24) is 30.3 Å². The molecule has 4 heterocycles. The summed E-state index contributed by atoms with van der Waals surface area (Å²) in [5.74, 6) is 0.435. The van der Waals surface area contributed by atoms with Gasteiger partial charge < -0.3 is 10.1 Å². The Hall–Kier alpha value is -2.01. The number of hydrogen-bond acceptors (Lipinski definition) is 7. The zero-order valence-corrected chi connectivity index (χ0v) is 20.8. The molecule has 2 atom stereocenters. The van der Waals surface area contributed by atoms with Crippen LogP contribution in [0.3, 0.4) is 0 Å². The lowest BCUT2D eigenvalue weighted by Crippen LogP contribution is -2.37. The summed E-state index contributed by atoms with van der Waals surface area (Å²) in [7, 11) is 0. The third-order valence-electron chi connectivity index (χ3n) is 6.24. The number of fused-ring (bicyclic) bond motifs is 1. The van der Waals surface area contributed by atoms with E-state index >= 15 is 0 Å². The number of morpholine rings is 1. The Labute approximate surface area is 209 Å². The fourth-order valence-electron chi connectivity index (χ4n) is 4.46. The van der Waals surface area contributed by atoms with Crippen molar-refractivity contribution in [3.8, 4) is 0 Å². The van der Waals surface area contributed by atoms with E-state index in [1.807, 2.05) is 11.4 Å². The second-order valence-corrected chi connectivity index (χ2v) is 9.29. The van der Waals surface area contributed by atoms with E-state index in [9.17, 15) is 4.39 Å². The number of halogens is 3. The molecule has 2 aliphatic rings. The maximum Gasteiger partial charge on any atom is 0.158 e. The molecule has 2 aliphatic heterocycles. The first-order valence-corrected chi connectivity index (χ1v) is 11.7. The highest BCUT2D eigenvalue weighted by Crippen LogP contribution is 2.24. The van der Waals surface area contributed by atoms with E-state index in [1.165, 1.54) is 6.07 Å². The molecule has 0 saturated carbocycles. The van der Waals surface area contributed by atoms with Crippen LogP contribution in [0.4, 0.5) is 10.2 Å². The first-order chi connectivity index (χ1) is 16.0. The van der Waals surface area contributed by atoms with Gasteiger partial charge in [0.05, 0.1) is 30.8 Å².